The van der Waals surface area contributed by atoms with E-state index in [9.17, 15) is 39.6 Å². The van der Waals surface area contributed by atoms with Crippen LogP contribution in [0.25, 0.3) is 0 Å². The molecule has 10 nitrogen and oxygen atoms in total. The number of aliphatic hydroxyl groups excluding tert-OH is 1. The monoisotopic (exact) mass is 798 g/mol. The summed E-state index contributed by atoms with van der Waals surface area (Å²) in [6.45, 7) is 19.5. The van der Waals surface area contributed by atoms with Crippen molar-refractivity contribution in [3.63, 3.8) is 0 Å². The minimum absolute atomic E-state index is 0. The Morgan fingerprint density at radius 2 is 1.32 bits per heavy atom. The number of esters is 2. The SMILES string of the molecule is CC(=O)OC1CC(C)(C)C(=C=C/C(C)=C/C=C/C(C)=C/C=C/C=C(C)/C=C/C=C(\C)C(=O)CC2(O)C(C)(C)CC(O)CC2(C)O)C(C)(OC(=O)CCC(=O)[O-])C1.[Na+]. The number of ketones is 1. The molecule has 0 bridgehead atoms. The van der Waals surface area contributed by atoms with Crippen molar-refractivity contribution < 1.29 is 78.6 Å². The first-order valence-electron chi connectivity index (χ1n) is 19.2. The maximum absolute atomic E-state index is 13.1. The van der Waals surface area contributed by atoms with Crippen molar-refractivity contribution >= 4 is 23.7 Å². The van der Waals surface area contributed by atoms with Gasteiger partial charge in [0.05, 0.1) is 18.1 Å². The number of carboxylic acids is 1. The standard InChI is InChI=1S/C46H64O10.Na/c1-31(16-12-13-17-32(2)20-15-21-34(4)38(49)30-46(54)43(8,9)26-36(48)27-45(46,11)53)18-14-19-33(3)22-23-39-42(6,7)28-37(55-35(5)47)29-44(39,10)56-41(52)25-24-40(50)51;/h12-22,36-37,48,53-54H,24-30H2,1-11H3,(H,50,51);/q;+1/p-1/b13-12+,18-14+,20-15+,31-16+,32-17+,33-19+,34-21+;. The Morgan fingerprint density at radius 3 is 1.84 bits per heavy atom. The molecule has 0 aromatic rings. The van der Waals surface area contributed by atoms with Crippen LogP contribution in [0, 0.1) is 10.8 Å². The molecule has 0 spiro atoms. The number of rotatable bonds is 15. The van der Waals surface area contributed by atoms with E-state index < -0.39 is 64.2 Å². The molecule has 2 rings (SSSR count). The number of carbonyl (C=O) groups excluding carboxylic acids is 4. The second kappa shape index (κ2) is 21.6. The molecule has 0 aromatic heterocycles. The van der Waals surface area contributed by atoms with E-state index >= 15 is 0 Å². The predicted octanol–water partition coefficient (Wildman–Crippen LogP) is 3.73. The largest absolute Gasteiger partial charge is 1.00 e. The molecule has 5 unspecified atom stereocenters. The molecule has 11 heteroatoms. The molecular weight excluding hydrogens is 735 g/mol. The van der Waals surface area contributed by atoms with Gasteiger partial charge in [0, 0.05) is 43.1 Å². The Bertz CT molecular complexity index is 1760. The van der Waals surface area contributed by atoms with Crippen LogP contribution in [0.3, 0.4) is 0 Å². The molecule has 308 valence electrons. The normalized spacial score (nSPS) is 28.2. The Kier molecular flexibility index (Phi) is 19.6. The fourth-order valence-corrected chi connectivity index (χ4v) is 7.80. The van der Waals surface area contributed by atoms with E-state index in [1.54, 1.807) is 39.8 Å². The zero-order valence-electron chi connectivity index (χ0n) is 36.2. The van der Waals surface area contributed by atoms with Crippen molar-refractivity contribution in [1.29, 1.82) is 0 Å². The van der Waals surface area contributed by atoms with Crippen LogP contribution in [0.1, 0.15) is 121 Å². The molecule has 0 aromatic carbocycles. The van der Waals surface area contributed by atoms with Crippen molar-refractivity contribution in [2.45, 2.75) is 150 Å². The number of carbonyl (C=O) groups is 4. The van der Waals surface area contributed by atoms with Crippen LogP contribution < -0.4 is 34.7 Å². The van der Waals surface area contributed by atoms with Gasteiger partial charge in [-0.3, -0.25) is 14.4 Å². The number of hydrogen-bond donors (Lipinski definition) is 3. The van der Waals surface area contributed by atoms with Gasteiger partial charge in [0.1, 0.15) is 17.3 Å². The molecule has 2 aliphatic rings. The average molecular weight is 799 g/mol. The van der Waals surface area contributed by atoms with E-state index in [0.29, 0.717) is 17.6 Å². The quantitative estimate of drug-likeness (QED) is 0.0730. The van der Waals surface area contributed by atoms with E-state index in [-0.39, 0.29) is 67.4 Å². The minimum atomic E-state index is -1.68. The molecule has 2 aliphatic carbocycles. The number of aliphatic hydroxyl groups is 3. The third kappa shape index (κ3) is 15.4. The number of hydrogen-bond acceptors (Lipinski definition) is 10. The molecule has 5 atom stereocenters. The summed E-state index contributed by atoms with van der Waals surface area (Å²) in [5, 5.41) is 43.6. The first-order chi connectivity index (χ1) is 25.7. The summed E-state index contributed by atoms with van der Waals surface area (Å²) in [4.78, 5) is 48.3. The van der Waals surface area contributed by atoms with Crippen molar-refractivity contribution in [2.24, 2.45) is 10.8 Å². The second-order valence-electron chi connectivity index (χ2n) is 17.1. The molecule has 0 heterocycles. The van der Waals surface area contributed by atoms with Crippen molar-refractivity contribution in [3.05, 3.63) is 100 Å². The molecular formula is C46H63NaO10. The van der Waals surface area contributed by atoms with E-state index in [1.807, 2.05) is 89.3 Å². The molecule has 57 heavy (non-hydrogen) atoms. The third-order valence-corrected chi connectivity index (χ3v) is 10.7. The number of aliphatic carboxylic acids is 1. The zero-order valence-corrected chi connectivity index (χ0v) is 38.2. The van der Waals surface area contributed by atoms with Crippen LogP contribution in [-0.2, 0) is 28.7 Å². The number of carboxylic acid groups (broad SMARTS) is 1. The van der Waals surface area contributed by atoms with Gasteiger partial charge in [-0.25, -0.2) is 0 Å². The van der Waals surface area contributed by atoms with Gasteiger partial charge in [-0.1, -0.05) is 99.6 Å². The summed E-state index contributed by atoms with van der Waals surface area (Å²) in [5.74, 6) is -2.73. The van der Waals surface area contributed by atoms with Crippen LogP contribution in [0.5, 0.6) is 0 Å². The van der Waals surface area contributed by atoms with Crippen molar-refractivity contribution in [3.8, 4) is 0 Å². The smallest absolute Gasteiger partial charge is 0.550 e. The average Bonchev–Trinajstić information content (AvgIpc) is 3.03. The zero-order chi connectivity index (χ0) is 42.7. The summed E-state index contributed by atoms with van der Waals surface area (Å²) in [5.41, 5.74) is 1.48. The molecule has 0 amide bonds. The molecule has 2 fully saturated rings. The van der Waals surface area contributed by atoms with E-state index in [0.717, 1.165) is 16.7 Å². The van der Waals surface area contributed by atoms with Crippen molar-refractivity contribution in [2.75, 3.05) is 0 Å². The number of allylic oxidation sites excluding steroid dienone is 14. The molecule has 0 aliphatic heterocycles. The third-order valence-electron chi connectivity index (χ3n) is 10.7. The van der Waals surface area contributed by atoms with Gasteiger partial charge in [-0.05, 0) is 83.4 Å². The van der Waals surface area contributed by atoms with Gasteiger partial charge in [0.2, 0.25) is 0 Å². The van der Waals surface area contributed by atoms with Crippen LogP contribution in [0.2, 0.25) is 0 Å². The number of ether oxygens (including phenoxy) is 2. The van der Waals surface area contributed by atoms with E-state index in [2.05, 4.69) is 5.73 Å². The minimum Gasteiger partial charge on any atom is -0.550 e. The van der Waals surface area contributed by atoms with Gasteiger partial charge in [-0.2, -0.15) is 0 Å². The van der Waals surface area contributed by atoms with Gasteiger partial charge < -0.3 is 34.7 Å². The molecule has 2 saturated carbocycles. The Labute approximate surface area is 361 Å². The summed E-state index contributed by atoms with van der Waals surface area (Å²) in [7, 11) is 0. The van der Waals surface area contributed by atoms with Crippen LogP contribution in [0.15, 0.2) is 100 Å². The molecule has 0 radical (unpaired) electrons. The fraction of sp³-hybridized carbons (Fsp3) is 0.543. The Hall–Kier alpha value is -3.34. The first-order valence-corrected chi connectivity index (χ1v) is 19.2. The Balaban J connectivity index is 0.0000162. The Morgan fingerprint density at radius 1 is 0.772 bits per heavy atom. The molecule has 3 N–H and O–H groups in total. The number of Topliss-reactive ketones (excluding diaryl/α,β-unsaturated/α-hetero) is 1. The summed E-state index contributed by atoms with van der Waals surface area (Å²) in [6, 6.07) is 0. The maximum Gasteiger partial charge on any atom is 1.00 e. The summed E-state index contributed by atoms with van der Waals surface area (Å²) < 4.78 is 11.4. The summed E-state index contributed by atoms with van der Waals surface area (Å²) in [6.07, 6.45) is 19.4. The first kappa shape index (κ1) is 51.7. The summed E-state index contributed by atoms with van der Waals surface area (Å²) >= 11 is 0. The van der Waals surface area contributed by atoms with Crippen LogP contribution in [0.4, 0.5) is 0 Å². The maximum atomic E-state index is 13.1. The van der Waals surface area contributed by atoms with Crippen molar-refractivity contribution in [1.82, 2.24) is 0 Å². The predicted molar refractivity (Wildman–Crippen MR) is 216 cm³/mol. The van der Waals surface area contributed by atoms with Gasteiger partial charge >= 0.3 is 41.5 Å². The van der Waals surface area contributed by atoms with Gasteiger partial charge in [0.25, 0.3) is 0 Å². The molecule has 0 saturated heterocycles. The van der Waals surface area contributed by atoms with Gasteiger partial charge in [0.15, 0.2) is 5.78 Å². The van der Waals surface area contributed by atoms with E-state index in [4.69, 9.17) is 9.47 Å². The van der Waals surface area contributed by atoms with Crippen LogP contribution >= 0.6 is 0 Å². The van der Waals surface area contributed by atoms with Crippen LogP contribution in [-0.4, -0.2) is 68.0 Å². The fourth-order valence-electron chi connectivity index (χ4n) is 7.80. The topological polar surface area (TPSA) is 170 Å². The second-order valence-corrected chi connectivity index (χ2v) is 17.1. The van der Waals surface area contributed by atoms with Gasteiger partial charge in [-0.15, -0.1) is 5.73 Å². The van der Waals surface area contributed by atoms with E-state index in [1.165, 1.54) is 13.8 Å².